The van der Waals surface area contributed by atoms with Gasteiger partial charge in [0, 0.05) is 19.4 Å². The molecule has 0 saturated heterocycles. The Morgan fingerprint density at radius 2 is 1.43 bits per heavy atom. The number of esters is 2. The van der Waals surface area contributed by atoms with Gasteiger partial charge in [0.2, 0.25) is 0 Å². The molecule has 10 heteroatoms. The van der Waals surface area contributed by atoms with E-state index in [0.717, 1.165) is 0 Å². The number of rotatable bonds is 5. The number of anilines is 1. The van der Waals surface area contributed by atoms with E-state index in [1.54, 1.807) is 34.7 Å². The lowest BCUT2D eigenvalue weighted by molar-refractivity contribution is 0.0516. The molecule has 0 aromatic carbocycles. The van der Waals surface area contributed by atoms with Gasteiger partial charge >= 0.3 is 11.9 Å². The van der Waals surface area contributed by atoms with Crippen molar-refractivity contribution >= 4 is 29.4 Å². The van der Waals surface area contributed by atoms with Gasteiger partial charge in [-0.3, -0.25) is 0 Å². The zero-order valence-corrected chi connectivity index (χ0v) is 16.6. The van der Waals surface area contributed by atoms with Gasteiger partial charge in [0.25, 0.3) is 0 Å². The van der Waals surface area contributed by atoms with Crippen molar-refractivity contribution in [1.82, 2.24) is 19.9 Å². The highest BCUT2D eigenvalue weighted by molar-refractivity contribution is 6.32. The van der Waals surface area contributed by atoms with Crippen molar-refractivity contribution in [2.75, 3.05) is 25.6 Å². The third-order valence-electron chi connectivity index (χ3n) is 3.00. The Labute approximate surface area is 169 Å². The number of ether oxygens (including phenoxy) is 2. The summed E-state index contributed by atoms with van der Waals surface area (Å²) < 4.78 is 9.60. The van der Waals surface area contributed by atoms with Gasteiger partial charge in [-0.2, -0.15) is 0 Å². The molecule has 2 heterocycles. The van der Waals surface area contributed by atoms with Gasteiger partial charge in [0.05, 0.1) is 13.2 Å². The van der Waals surface area contributed by atoms with Gasteiger partial charge in [-0.25, -0.2) is 29.5 Å². The molecule has 0 fully saturated rings. The molecule has 2 aromatic rings. The van der Waals surface area contributed by atoms with Crippen LogP contribution in [0, 0.1) is 13.8 Å². The molecule has 0 spiro atoms. The fraction of sp³-hybridized carbons (Fsp3) is 0.444. The van der Waals surface area contributed by atoms with E-state index in [4.69, 9.17) is 21.1 Å². The molecule has 0 atom stereocenters. The lowest BCUT2D eigenvalue weighted by Crippen LogP contribution is -2.10. The van der Waals surface area contributed by atoms with Gasteiger partial charge in [0.15, 0.2) is 0 Å². The predicted molar refractivity (Wildman–Crippen MR) is 107 cm³/mol. The Balaban J connectivity index is 0.000000504. The molecule has 0 aliphatic carbocycles. The first kappa shape index (κ1) is 25.2. The minimum absolute atomic E-state index is 0. The van der Waals surface area contributed by atoms with Gasteiger partial charge < -0.3 is 14.8 Å². The average Bonchev–Trinajstić information content (AvgIpc) is 2.62. The molecule has 2 rings (SSSR count). The number of nitrogens with one attached hydrogen (secondary N) is 1. The maximum atomic E-state index is 11.4. The van der Waals surface area contributed by atoms with E-state index < -0.39 is 11.9 Å². The van der Waals surface area contributed by atoms with Crippen LogP contribution in [-0.4, -0.2) is 52.1 Å². The summed E-state index contributed by atoms with van der Waals surface area (Å²) in [5, 5.41) is 2.95. The van der Waals surface area contributed by atoms with Crippen molar-refractivity contribution in [2.24, 2.45) is 0 Å². The number of aryl methyl sites for hydroxylation is 2. The molecule has 0 bridgehead atoms. The molecule has 0 aliphatic heterocycles. The third-order valence-corrected chi connectivity index (χ3v) is 3.29. The van der Waals surface area contributed by atoms with Crippen molar-refractivity contribution in [1.29, 1.82) is 0 Å². The van der Waals surface area contributed by atoms with Crippen LogP contribution in [0.4, 0.5) is 5.82 Å². The van der Waals surface area contributed by atoms with E-state index in [1.165, 1.54) is 12.4 Å². The molecule has 0 unspecified atom stereocenters. The second-order valence-electron chi connectivity index (χ2n) is 4.99. The molecule has 9 nitrogen and oxygen atoms in total. The first-order valence-corrected chi connectivity index (χ1v) is 8.56. The molecule has 0 aliphatic rings. The van der Waals surface area contributed by atoms with Crippen LogP contribution in [0.1, 0.15) is 53.6 Å². The van der Waals surface area contributed by atoms with Crippen LogP contribution in [-0.2, 0) is 9.47 Å². The lowest BCUT2D eigenvalue weighted by atomic mass is 10.3. The summed E-state index contributed by atoms with van der Waals surface area (Å²) in [7, 11) is 1.70. The number of carbonyl (C=O) groups excluding carboxylic acids is 2. The van der Waals surface area contributed by atoms with E-state index in [1.807, 2.05) is 0 Å². The topological polar surface area (TPSA) is 116 Å². The van der Waals surface area contributed by atoms with Crippen molar-refractivity contribution in [2.45, 2.75) is 35.1 Å². The van der Waals surface area contributed by atoms with Crippen LogP contribution in [0.25, 0.3) is 0 Å². The molecule has 154 valence electrons. The second kappa shape index (κ2) is 12.6. The highest BCUT2D eigenvalue weighted by Crippen LogP contribution is 2.13. The Hall–Kier alpha value is -2.81. The van der Waals surface area contributed by atoms with E-state index in [0.29, 0.717) is 36.2 Å². The standard InChI is InChI=1S/C9H13N3O2.C8H9ClN2O2.CH4/c1-4-14-9(13)7-5-11-6(2)12-8(7)10-3;1-3-13-8(12)6-4-10-5(2)11-7(6)9;/h5H,4H2,1-3H3,(H,10,11,12);4H,3H2,1-2H3;1H4. The second-order valence-corrected chi connectivity index (χ2v) is 5.35. The van der Waals surface area contributed by atoms with Gasteiger partial charge in [-0.1, -0.05) is 19.0 Å². The molecule has 0 radical (unpaired) electrons. The maximum Gasteiger partial charge on any atom is 0.343 e. The summed E-state index contributed by atoms with van der Waals surface area (Å²) in [5.74, 6) is 0.737. The SMILES string of the molecule is C.CCOC(=O)c1cnc(C)nc1Cl.CCOC(=O)c1cnc(C)nc1NC. The fourth-order valence-electron chi connectivity index (χ4n) is 1.81. The van der Waals surface area contributed by atoms with E-state index in [2.05, 4.69) is 25.3 Å². The zero-order chi connectivity index (χ0) is 20.4. The summed E-state index contributed by atoms with van der Waals surface area (Å²) in [5.41, 5.74) is 0.564. The average molecular weight is 412 g/mol. The summed E-state index contributed by atoms with van der Waals surface area (Å²) in [4.78, 5) is 38.3. The monoisotopic (exact) mass is 411 g/mol. The molecule has 28 heavy (non-hydrogen) atoms. The molecule has 0 amide bonds. The summed E-state index contributed by atoms with van der Waals surface area (Å²) in [6.07, 6.45) is 2.83. The highest BCUT2D eigenvalue weighted by Gasteiger charge is 2.14. The van der Waals surface area contributed by atoms with Crippen LogP contribution in [0.5, 0.6) is 0 Å². The fourth-order valence-corrected chi connectivity index (χ4v) is 2.06. The zero-order valence-electron chi connectivity index (χ0n) is 15.9. The van der Waals surface area contributed by atoms with Crippen LogP contribution < -0.4 is 5.32 Å². The Bertz CT molecular complexity index is 802. The minimum Gasteiger partial charge on any atom is -0.462 e. The smallest absolute Gasteiger partial charge is 0.343 e. The minimum atomic E-state index is -0.493. The maximum absolute atomic E-state index is 11.4. The number of halogens is 1. The first-order valence-electron chi connectivity index (χ1n) is 8.18. The quantitative estimate of drug-likeness (QED) is 0.584. The van der Waals surface area contributed by atoms with Gasteiger partial charge in [-0.05, 0) is 27.7 Å². The number of hydrogen-bond acceptors (Lipinski definition) is 9. The highest BCUT2D eigenvalue weighted by atomic mass is 35.5. The van der Waals surface area contributed by atoms with Crippen LogP contribution in [0.15, 0.2) is 12.4 Å². The molecule has 1 N–H and O–H groups in total. The number of hydrogen-bond donors (Lipinski definition) is 1. The summed E-state index contributed by atoms with van der Waals surface area (Å²) >= 11 is 5.71. The predicted octanol–water partition coefficient (Wildman–Crippen LogP) is 3.25. The van der Waals surface area contributed by atoms with E-state index >= 15 is 0 Å². The van der Waals surface area contributed by atoms with E-state index in [9.17, 15) is 9.59 Å². The largest absolute Gasteiger partial charge is 0.462 e. The van der Waals surface area contributed by atoms with Crippen LogP contribution in [0.3, 0.4) is 0 Å². The van der Waals surface area contributed by atoms with Crippen molar-refractivity contribution in [3.8, 4) is 0 Å². The van der Waals surface area contributed by atoms with Crippen molar-refractivity contribution < 1.29 is 19.1 Å². The number of carbonyl (C=O) groups is 2. The molecular formula is C18H26ClN5O4. The summed E-state index contributed by atoms with van der Waals surface area (Å²) in [6, 6.07) is 0. The lowest BCUT2D eigenvalue weighted by Gasteiger charge is -2.06. The van der Waals surface area contributed by atoms with Crippen LogP contribution in [0.2, 0.25) is 5.15 Å². The summed E-state index contributed by atoms with van der Waals surface area (Å²) in [6.45, 7) is 7.59. The van der Waals surface area contributed by atoms with Gasteiger partial charge in [0.1, 0.15) is 33.7 Å². The number of nitrogens with zero attached hydrogens (tertiary/aromatic N) is 4. The Morgan fingerprint density at radius 3 is 1.89 bits per heavy atom. The molecule has 2 aromatic heterocycles. The number of aromatic nitrogens is 4. The van der Waals surface area contributed by atoms with Crippen molar-refractivity contribution in [3.05, 3.63) is 40.3 Å². The first-order chi connectivity index (χ1) is 12.8. The van der Waals surface area contributed by atoms with Gasteiger partial charge in [-0.15, -0.1) is 0 Å². The normalized spacial score (nSPS) is 9.36. The third kappa shape index (κ3) is 7.43. The molecule has 0 saturated carbocycles. The van der Waals surface area contributed by atoms with Crippen molar-refractivity contribution in [3.63, 3.8) is 0 Å². The molecular weight excluding hydrogens is 386 g/mol. The Kier molecular flexibility index (Phi) is 11.3. The van der Waals surface area contributed by atoms with Crippen LogP contribution >= 0.6 is 11.6 Å². The van der Waals surface area contributed by atoms with E-state index in [-0.39, 0.29) is 18.1 Å². The Morgan fingerprint density at radius 1 is 0.964 bits per heavy atom.